The number of nitro groups is 1. The number of rotatable bonds is 9. The van der Waals surface area contributed by atoms with E-state index in [1.165, 1.54) is 25.1 Å². The van der Waals surface area contributed by atoms with E-state index in [0.717, 1.165) is 0 Å². The van der Waals surface area contributed by atoms with Crippen LogP contribution in [0.5, 0.6) is 5.75 Å². The molecule has 166 valence electrons. The Morgan fingerprint density at radius 3 is 2.56 bits per heavy atom. The molecule has 0 aliphatic carbocycles. The molecule has 0 aliphatic rings. The molecule has 9 nitrogen and oxygen atoms in total. The lowest BCUT2D eigenvalue weighted by molar-refractivity contribution is -0.385. The molecular formula is C23H21NO8. The fraction of sp³-hybridized carbons (Fsp3) is 0.261. The molecule has 0 saturated carbocycles. The molecule has 1 aromatic heterocycles. The first-order valence-electron chi connectivity index (χ1n) is 9.90. The maximum Gasteiger partial charge on any atom is 0.336 e. The monoisotopic (exact) mass is 439 g/mol. The van der Waals surface area contributed by atoms with Gasteiger partial charge in [-0.05, 0) is 25.8 Å². The number of esters is 1. The molecule has 1 unspecified atom stereocenters. The average Bonchev–Trinajstić information content (AvgIpc) is 2.76. The number of fused-ring (bicyclic) bond motifs is 1. The van der Waals surface area contributed by atoms with E-state index in [4.69, 9.17) is 13.9 Å². The van der Waals surface area contributed by atoms with Crippen LogP contribution < -0.4 is 10.4 Å². The number of hydrogen-bond acceptors (Lipinski definition) is 8. The number of nitro benzene ring substituents is 1. The van der Waals surface area contributed by atoms with E-state index in [0.29, 0.717) is 16.5 Å². The predicted molar refractivity (Wildman–Crippen MR) is 115 cm³/mol. The molecule has 2 aromatic carbocycles. The van der Waals surface area contributed by atoms with Gasteiger partial charge in [-0.2, -0.15) is 0 Å². The zero-order valence-corrected chi connectivity index (χ0v) is 17.5. The summed E-state index contributed by atoms with van der Waals surface area (Å²) in [5.41, 5.74) is 0.313. The summed E-state index contributed by atoms with van der Waals surface area (Å²) in [6.07, 6.45) is -0.765. The Balaban J connectivity index is 1.58. The quantitative estimate of drug-likeness (QED) is 0.122. The predicted octanol–water partition coefficient (Wildman–Crippen LogP) is 3.98. The van der Waals surface area contributed by atoms with E-state index in [1.807, 2.05) is 0 Å². The summed E-state index contributed by atoms with van der Waals surface area (Å²) in [6.45, 7) is 3.13. The Labute approximate surface area is 182 Å². The Bertz CT molecular complexity index is 1220. The highest BCUT2D eigenvalue weighted by atomic mass is 16.6. The maximum atomic E-state index is 12.3. The normalized spacial score (nSPS) is 11.7. The van der Waals surface area contributed by atoms with E-state index < -0.39 is 22.6 Å². The van der Waals surface area contributed by atoms with Crippen molar-refractivity contribution in [1.29, 1.82) is 0 Å². The highest BCUT2D eigenvalue weighted by Crippen LogP contribution is 2.33. The number of ketones is 1. The van der Waals surface area contributed by atoms with Crippen molar-refractivity contribution >= 4 is 28.4 Å². The highest BCUT2D eigenvalue weighted by molar-refractivity contribution is 6.00. The molecule has 0 fully saturated rings. The van der Waals surface area contributed by atoms with Crippen LogP contribution >= 0.6 is 0 Å². The Hall–Kier alpha value is -4.01. The number of carbonyl (C=O) groups excluding carboxylic acids is 2. The first kappa shape index (κ1) is 22.7. The van der Waals surface area contributed by atoms with E-state index in [9.17, 15) is 24.5 Å². The van der Waals surface area contributed by atoms with E-state index in [1.54, 1.807) is 37.3 Å². The molecule has 0 saturated heterocycles. The summed E-state index contributed by atoms with van der Waals surface area (Å²) in [6, 6.07) is 12.3. The summed E-state index contributed by atoms with van der Waals surface area (Å²) >= 11 is 0. The van der Waals surface area contributed by atoms with Crippen molar-refractivity contribution in [2.24, 2.45) is 0 Å². The minimum Gasteiger partial charge on any atom is -0.487 e. The lowest BCUT2D eigenvalue weighted by Gasteiger charge is -2.12. The van der Waals surface area contributed by atoms with Gasteiger partial charge in [0.05, 0.1) is 11.5 Å². The minimum atomic E-state index is -0.932. The molecule has 1 heterocycles. The third-order valence-corrected chi connectivity index (χ3v) is 4.75. The summed E-state index contributed by atoms with van der Waals surface area (Å²) < 4.78 is 15.7. The molecule has 0 bridgehead atoms. The van der Waals surface area contributed by atoms with E-state index in [-0.39, 0.29) is 42.3 Å². The molecule has 3 aromatic rings. The van der Waals surface area contributed by atoms with Crippen LogP contribution in [-0.4, -0.2) is 29.4 Å². The van der Waals surface area contributed by atoms with Crippen LogP contribution in [0.3, 0.4) is 0 Å². The number of benzene rings is 2. The number of hydrogen-bond donors (Lipinski definition) is 0. The van der Waals surface area contributed by atoms with Gasteiger partial charge in [0.15, 0.2) is 6.10 Å². The van der Waals surface area contributed by atoms with Gasteiger partial charge < -0.3 is 13.9 Å². The lowest BCUT2D eigenvalue weighted by Crippen LogP contribution is -2.24. The fourth-order valence-electron chi connectivity index (χ4n) is 3.14. The van der Waals surface area contributed by atoms with Gasteiger partial charge in [-0.25, -0.2) is 4.79 Å². The van der Waals surface area contributed by atoms with Crippen molar-refractivity contribution in [3.63, 3.8) is 0 Å². The molecule has 0 N–H and O–H groups in total. The van der Waals surface area contributed by atoms with Crippen molar-refractivity contribution in [3.8, 4) is 5.75 Å². The van der Waals surface area contributed by atoms with Crippen molar-refractivity contribution in [1.82, 2.24) is 0 Å². The Kier molecular flexibility index (Phi) is 6.99. The van der Waals surface area contributed by atoms with Gasteiger partial charge >= 0.3 is 17.3 Å². The zero-order chi connectivity index (χ0) is 23.3. The van der Waals surface area contributed by atoms with Gasteiger partial charge in [0.25, 0.3) is 0 Å². The standard InChI is InChI=1S/C23H21NO8/c1-14-11-22(26)32-19-13-20(18(24(28)29)12-17(14)19)30-10-6-9-21(25)31-15(2)23(27)16-7-4-3-5-8-16/h3-5,7-8,11-13,15H,6,9-10H2,1-2H3. The van der Waals surface area contributed by atoms with Crippen LogP contribution in [0.15, 0.2) is 57.7 Å². The lowest BCUT2D eigenvalue weighted by atomic mass is 10.1. The fourth-order valence-corrected chi connectivity index (χ4v) is 3.14. The van der Waals surface area contributed by atoms with Gasteiger partial charge in [-0.1, -0.05) is 30.3 Å². The topological polar surface area (TPSA) is 126 Å². The first-order valence-corrected chi connectivity index (χ1v) is 9.90. The van der Waals surface area contributed by atoms with Crippen molar-refractivity contribution in [2.45, 2.75) is 32.8 Å². The minimum absolute atomic E-state index is 0.0154. The first-order chi connectivity index (χ1) is 15.3. The summed E-state index contributed by atoms with van der Waals surface area (Å²) in [5, 5.41) is 11.8. The Morgan fingerprint density at radius 1 is 1.16 bits per heavy atom. The summed E-state index contributed by atoms with van der Waals surface area (Å²) in [7, 11) is 0. The van der Waals surface area contributed by atoms with Gasteiger partial charge in [0.1, 0.15) is 5.58 Å². The van der Waals surface area contributed by atoms with E-state index in [2.05, 4.69) is 0 Å². The van der Waals surface area contributed by atoms with Crippen LogP contribution in [0.1, 0.15) is 35.7 Å². The van der Waals surface area contributed by atoms with Crippen LogP contribution in [0.4, 0.5) is 5.69 Å². The second kappa shape index (κ2) is 9.86. The van der Waals surface area contributed by atoms with Crippen molar-refractivity contribution < 1.29 is 28.4 Å². The largest absolute Gasteiger partial charge is 0.487 e. The van der Waals surface area contributed by atoms with Crippen LogP contribution in [0.25, 0.3) is 11.0 Å². The van der Waals surface area contributed by atoms with Gasteiger partial charge in [0, 0.05) is 35.6 Å². The van der Waals surface area contributed by atoms with Gasteiger partial charge in [-0.3, -0.25) is 19.7 Å². The summed E-state index contributed by atoms with van der Waals surface area (Å²) in [4.78, 5) is 46.7. The van der Waals surface area contributed by atoms with Gasteiger partial charge in [0.2, 0.25) is 11.5 Å². The molecule has 0 spiro atoms. The molecule has 9 heteroatoms. The molecule has 0 aliphatic heterocycles. The van der Waals surface area contributed by atoms with Crippen LogP contribution in [-0.2, 0) is 9.53 Å². The second-order valence-corrected chi connectivity index (χ2v) is 7.14. The van der Waals surface area contributed by atoms with Crippen molar-refractivity contribution in [2.75, 3.05) is 6.61 Å². The zero-order valence-electron chi connectivity index (χ0n) is 17.5. The molecule has 32 heavy (non-hydrogen) atoms. The molecule has 0 amide bonds. The molecule has 1 atom stereocenters. The maximum absolute atomic E-state index is 12.3. The average molecular weight is 439 g/mol. The summed E-state index contributed by atoms with van der Waals surface area (Å²) in [5.74, 6) is -0.962. The Morgan fingerprint density at radius 2 is 1.88 bits per heavy atom. The number of Topliss-reactive ketones (excluding diaryl/α,β-unsaturated/α-hetero) is 1. The molecule has 0 radical (unpaired) electrons. The highest BCUT2D eigenvalue weighted by Gasteiger charge is 2.21. The van der Waals surface area contributed by atoms with Gasteiger partial charge in [-0.15, -0.1) is 0 Å². The third-order valence-electron chi connectivity index (χ3n) is 4.75. The second-order valence-electron chi connectivity index (χ2n) is 7.14. The number of nitrogens with zero attached hydrogens (tertiary/aromatic N) is 1. The molecular weight excluding hydrogens is 418 g/mol. The van der Waals surface area contributed by atoms with Crippen LogP contribution in [0, 0.1) is 17.0 Å². The van der Waals surface area contributed by atoms with E-state index >= 15 is 0 Å². The number of ether oxygens (including phenoxy) is 2. The molecule has 3 rings (SSSR count). The number of aryl methyl sites for hydroxylation is 1. The third kappa shape index (κ3) is 5.37. The SMILES string of the molecule is Cc1cc(=O)oc2cc(OCCCC(=O)OC(C)C(=O)c3ccccc3)c([N+](=O)[O-])cc12. The smallest absolute Gasteiger partial charge is 0.336 e. The van der Waals surface area contributed by atoms with Crippen molar-refractivity contribution in [3.05, 3.63) is 80.2 Å². The number of carbonyl (C=O) groups is 2. The van der Waals surface area contributed by atoms with Crippen LogP contribution in [0.2, 0.25) is 0 Å².